The minimum absolute atomic E-state index is 0.0160. The molecule has 81 heavy (non-hydrogen) atoms. The number of nitrogens with zero attached hydrogens (tertiary/aromatic N) is 1. The summed E-state index contributed by atoms with van der Waals surface area (Å²) in [7, 11) is 1.38. The van der Waals surface area contributed by atoms with Gasteiger partial charge in [-0.05, 0) is 142 Å². The van der Waals surface area contributed by atoms with Crippen molar-refractivity contribution in [1.29, 1.82) is 0 Å². The maximum absolute atomic E-state index is 14.0. The lowest BCUT2D eigenvalue weighted by atomic mass is 9.72. The quantitative estimate of drug-likeness (QED) is 0.0353. The van der Waals surface area contributed by atoms with Gasteiger partial charge in [0.1, 0.15) is 46.5 Å². The molecule has 1 saturated carbocycles. The lowest BCUT2D eigenvalue weighted by Gasteiger charge is -2.52. The molecule has 1 aromatic carbocycles. The first-order valence-corrected chi connectivity index (χ1v) is 28.6. The molecule has 15 atom stereocenters. The van der Waals surface area contributed by atoms with E-state index in [1.807, 2.05) is 26.8 Å². The zero-order valence-electron chi connectivity index (χ0n) is 50.2. The molecule has 9 N–H and O–H groups in total. The van der Waals surface area contributed by atoms with Gasteiger partial charge in [0.15, 0.2) is 30.4 Å². The van der Waals surface area contributed by atoms with Crippen molar-refractivity contribution in [2.24, 2.45) is 11.8 Å². The molecule has 0 aromatic heterocycles. The number of benzene rings is 1. The number of unbranched alkanes of at least 4 members (excludes halogenated alkanes) is 1. The van der Waals surface area contributed by atoms with Crippen molar-refractivity contribution in [2.45, 2.75) is 243 Å². The van der Waals surface area contributed by atoms with Gasteiger partial charge in [-0.1, -0.05) is 30.7 Å². The standard InChI is InChI=1S/C58H94N6O17/c1-31(39(65)25-27-60-48-50(77-48)78-54(2,3)4)61-38-28-37(63-52(71)80-56(8,9)10)40(43(68)46(38)76-49-44(69)47(58(14,73)30-74-49)64(15)53(72)81-57(11,12)13)45-36(62-51(70)79-55(5,6)7)24-23-32(75-45)29-59-26-19-18-22-35-41(66)33-20-16-17-21-34(33)42(35)67/h16-17,20-21,23,31,35-40,43-50,59-61,65,68-69,73H,18-19,22,24-30H2,1-15H3,(H,62,70)(H,63,71)/t31?,36-,37+,38-,39+,40-,43+,44-,45?,46+,47-,48?,49-,50?,58+/m1/s1. The van der Waals surface area contributed by atoms with Gasteiger partial charge < -0.3 is 84.5 Å². The molecule has 3 amide bonds. The first-order valence-electron chi connectivity index (χ1n) is 28.6. The number of aliphatic hydroxyl groups is 4. The number of aliphatic hydroxyl groups excluding tert-OH is 3. The lowest BCUT2D eigenvalue weighted by molar-refractivity contribution is -0.306. The summed E-state index contributed by atoms with van der Waals surface area (Å²) in [5.74, 6) is -1.70. The second-order valence-electron chi connectivity index (χ2n) is 26.5. The van der Waals surface area contributed by atoms with Crippen molar-refractivity contribution in [3.05, 3.63) is 47.2 Å². The number of hydrogen-bond acceptors (Lipinski definition) is 20. The van der Waals surface area contributed by atoms with E-state index in [0.29, 0.717) is 49.2 Å². The molecule has 0 bridgehead atoms. The maximum atomic E-state index is 14.0. The summed E-state index contributed by atoms with van der Waals surface area (Å²) in [6.07, 6.45) is -7.73. The van der Waals surface area contributed by atoms with E-state index in [0.717, 1.165) is 4.90 Å². The fourth-order valence-electron chi connectivity index (χ4n) is 10.9. The SMILES string of the molecule is CC(N[C@@H]1C[C@H](NC(=O)OC(C)(C)C)[C@@H](C2OC(CNCCCCC3C(=O)c4ccccc4C3=O)=CC[C@H]2NC(=O)OC(C)(C)C)[C@H](O)[C@H]1O[C@H]1OC[C@](C)(O)[C@H](N(C)C(=O)OC(C)(C)C)[C@H]1O)[C@@H](O)CCNC1OC1OC(C)(C)C. The monoisotopic (exact) mass is 1150 g/mol. The van der Waals surface area contributed by atoms with Crippen molar-refractivity contribution in [3.63, 3.8) is 0 Å². The summed E-state index contributed by atoms with van der Waals surface area (Å²) in [6.45, 7) is 24.9. The number of ether oxygens (including phenoxy) is 8. The highest BCUT2D eigenvalue weighted by Crippen LogP contribution is 2.40. The van der Waals surface area contributed by atoms with Gasteiger partial charge in [0.25, 0.3) is 0 Å². The van der Waals surface area contributed by atoms with E-state index < -0.39 is 138 Å². The van der Waals surface area contributed by atoms with E-state index >= 15 is 0 Å². The zero-order valence-corrected chi connectivity index (χ0v) is 50.2. The Labute approximate surface area is 477 Å². The number of rotatable bonds is 21. The molecule has 1 aromatic rings. The highest BCUT2D eigenvalue weighted by Gasteiger charge is 2.57. The summed E-state index contributed by atoms with van der Waals surface area (Å²) in [5, 5.41) is 64.7. The van der Waals surface area contributed by atoms with Gasteiger partial charge in [0, 0.05) is 48.8 Å². The fourth-order valence-corrected chi connectivity index (χ4v) is 10.9. The second kappa shape index (κ2) is 26.6. The summed E-state index contributed by atoms with van der Waals surface area (Å²) in [5.41, 5.74) is -4.07. The molecule has 2 aliphatic carbocycles. The Morgan fingerprint density at radius 3 is 1.98 bits per heavy atom. The fraction of sp³-hybridized carbons (Fsp3) is 0.776. The number of nitrogens with one attached hydrogen (secondary N) is 5. The predicted octanol–water partition coefficient (Wildman–Crippen LogP) is 4.56. The van der Waals surface area contributed by atoms with E-state index in [-0.39, 0.29) is 43.6 Å². The van der Waals surface area contributed by atoms with Gasteiger partial charge in [-0.3, -0.25) is 14.9 Å². The number of ketones is 2. The molecule has 3 heterocycles. The molecule has 23 heteroatoms. The molecule has 458 valence electrons. The van der Waals surface area contributed by atoms with Crippen molar-refractivity contribution < 1.29 is 82.3 Å². The van der Waals surface area contributed by atoms with Crippen molar-refractivity contribution >= 4 is 29.8 Å². The Balaban J connectivity index is 1.29. The van der Waals surface area contributed by atoms with Crippen LogP contribution in [0, 0.1) is 11.8 Å². The van der Waals surface area contributed by atoms with Crippen LogP contribution in [-0.2, 0) is 37.9 Å². The number of amides is 3. The number of fused-ring (bicyclic) bond motifs is 1. The van der Waals surface area contributed by atoms with Gasteiger partial charge in [-0.15, -0.1) is 0 Å². The molecule has 2 saturated heterocycles. The third kappa shape index (κ3) is 18.5. The topological polar surface area (TPSA) is 307 Å². The highest BCUT2D eigenvalue weighted by atomic mass is 16.8. The summed E-state index contributed by atoms with van der Waals surface area (Å²) >= 11 is 0. The molecule has 0 spiro atoms. The van der Waals surface area contributed by atoms with Gasteiger partial charge >= 0.3 is 18.3 Å². The van der Waals surface area contributed by atoms with Crippen LogP contribution in [0.5, 0.6) is 0 Å². The van der Waals surface area contributed by atoms with Crippen LogP contribution in [0.2, 0.25) is 0 Å². The molecule has 5 aliphatic rings. The summed E-state index contributed by atoms with van der Waals surface area (Å²) in [6, 6.07) is 2.02. The Morgan fingerprint density at radius 1 is 0.802 bits per heavy atom. The lowest BCUT2D eigenvalue weighted by Crippen LogP contribution is -2.71. The molecular formula is C58H94N6O17. The average Bonchev–Trinajstić information content (AvgIpc) is 4.22. The normalized spacial score (nSPS) is 30.8. The number of carbonyl (C=O) groups excluding carboxylic acids is 5. The third-order valence-electron chi connectivity index (χ3n) is 14.6. The summed E-state index contributed by atoms with van der Waals surface area (Å²) in [4.78, 5) is 68.3. The zero-order chi connectivity index (χ0) is 60.2. The number of carbonyl (C=O) groups is 5. The maximum Gasteiger partial charge on any atom is 0.410 e. The van der Waals surface area contributed by atoms with E-state index in [1.165, 1.54) is 14.0 Å². The van der Waals surface area contributed by atoms with Crippen molar-refractivity contribution in [3.8, 4) is 0 Å². The van der Waals surface area contributed by atoms with Crippen LogP contribution in [0.3, 0.4) is 0 Å². The third-order valence-corrected chi connectivity index (χ3v) is 14.6. The molecule has 4 unspecified atom stereocenters. The van der Waals surface area contributed by atoms with Crippen LogP contribution in [0.4, 0.5) is 14.4 Å². The molecule has 6 rings (SSSR count). The van der Waals surface area contributed by atoms with Crippen LogP contribution in [0.15, 0.2) is 36.1 Å². The first kappa shape index (κ1) is 65.6. The molecular weight excluding hydrogens is 1050 g/mol. The van der Waals surface area contributed by atoms with E-state index in [9.17, 15) is 44.4 Å². The Morgan fingerprint density at radius 2 is 1.40 bits per heavy atom. The molecule has 23 nitrogen and oxygen atoms in total. The molecule has 3 fully saturated rings. The largest absolute Gasteiger partial charge is 0.491 e. The predicted molar refractivity (Wildman–Crippen MR) is 297 cm³/mol. The highest BCUT2D eigenvalue weighted by molar-refractivity contribution is 6.26. The minimum atomic E-state index is -1.82. The van der Waals surface area contributed by atoms with Crippen LogP contribution in [0.1, 0.15) is 156 Å². The van der Waals surface area contributed by atoms with Crippen molar-refractivity contribution in [1.82, 2.24) is 31.5 Å². The smallest absolute Gasteiger partial charge is 0.410 e. The average molecular weight is 1150 g/mol. The number of likely N-dealkylation sites (N-methyl/N-ethyl adjacent to an activating group) is 1. The Hall–Kier alpha value is -4.53. The van der Waals surface area contributed by atoms with E-state index in [2.05, 4.69) is 26.6 Å². The van der Waals surface area contributed by atoms with Crippen LogP contribution >= 0.6 is 0 Å². The number of alkyl carbamates (subject to hydrolysis) is 2. The molecule has 0 radical (unpaired) electrons. The number of Topliss-reactive ketones (excluding diaryl/α,β-unsaturated/α-hetero) is 2. The molecule has 3 aliphatic heterocycles. The Kier molecular flexibility index (Phi) is 21.5. The van der Waals surface area contributed by atoms with E-state index in [4.69, 9.17) is 37.9 Å². The van der Waals surface area contributed by atoms with Crippen LogP contribution in [-0.4, -0.2) is 196 Å². The van der Waals surface area contributed by atoms with Gasteiger partial charge in [0.2, 0.25) is 0 Å². The van der Waals surface area contributed by atoms with Crippen LogP contribution in [0.25, 0.3) is 0 Å². The van der Waals surface area contributed by atoms with Gasteiger partial charge in [-0.2, -0.15) is 0 Å². The second-order valence-corrected chi connectivity index (χ2v) is 26.5. The summed E-state index contributed by atoms with van der Waals surface area (Å²) < 4.78 is 48.3. The number of epoxide rings is 1. The van der Waals surface area contributed by atoms with Gasteiger partial charge in [-0.25, -0.2) is 14.4 Å². The number of hydrogen-bond donors (Lipinski definition) is 9. The Bertz CT molecular complexity index is 2330. The van der Waals surface area contributed by atoms with Crippen molar-refractivity contribution in [2.75, 3.05) is 33.3 Å². The van der Waals surface area contributed by atoms with E-state index in [1.54, 1.807) is 93.5 Å². The van der Waals surface area contributed by atoms with Gasteiger partial charge in [0.05, 0.1) is 49.0 Å². The first-order chi connectivity index (χ1) is 37.5. The van der Waals surface area contributed by atoms with Crippen LogP contribution < -0.4 is 26.6 Å². The minimum Gasteiger partial charge on any atom is -0.491 e.